The molecule has 0 radical (unpaired) electrons. The summed E-state index contributed by atoms with van der Waals surface area (Å²) < 4.78 is 5.04. The van der Waals surface area contributed by atoms with Gasteiger partial charge in [0.1, 0.15) is 0 Å². The summed E-state index contributed by atoms with van der Waals surface area (Å²) in [6.07, 6.45) is 1.57. The predicted molar refractivity (Wildman–Crippen MR) is 58.0 cm³/mol. The fraction of sp³-hybridized carbons (Fsp3) is 0.909. The zero-order valence-electron chi connectivity index (χ0n) is 9.76. The summed E-state index contributed by atoms with van der Waals surface area (Å²) in [4.78, 5) is 0. The van der Waals surface area contributed by atoms with E-state index in [9.17, 15) is 0 Å². The van der Waals surface area contributed by atoms with Crippen LogP contribution in [0.15, 0.2) is 0 Å². The van der Waals surface area contributed by atoms with Crippen molar-refractivity contribution in [2.75, 3.05) is 20.3 Å². The monoisotopic (exact) mass is 198 g/mol. The normalized spacial score (nSPS) is 13.6. The molecule has 1 atom stereocenters. The van der Waals surface area contributed by atoms with Gasteiger partial charge in [0.15, 0.2) is 0 Å². The fourth-order valence-electron chi connectivity index (χ4n) is 1.24. The van der Waals surface area contributed by atoms with E-state index < -0.39 is 0 Å². The Bertz CT molecular complexity index is 184. The fourth-order valence-corrected chi connectivity index (χ4v) is 1.24. The van der Waals surface area contributed by atoms with Crippen LogP contribution in [0.4, 0.5) is 0 Å². The largest absolute Gasteiger partial charge is 0.383 e. The van der Waals surface area contributed by atoms with Gasteiger partial charge in [-0.05, 0) is 18.8 Å². The molecule has 82 valence electrons. The van der Waals surface area contributed by atoms with Crippen molar-refractivity contribution in [2.24, 2.45) is 5.41 Å². The van der Waals surface area contributed by atoms with Gasteiger partial charge < -0.3 is 10.1 Å². The first-order valence-electron chi connectivity index (χ1n) is 5.11. The van der Waals surface area contributed by atoms with E-state index in [-0.39, 0.29) is 5.41 Å². The molecule has 0 aromatic heterocycles. The molecule has 0 spiro atoms. The zero-order chi connectivity index (χ0) is 11.0. The first-order valence-corrected chi connectivity index (χ1v) is 5.11. The standard InChI is InChI=1S/C11H22N2O/c1-10(8-14-4)13-9-11(2,3)6-5-7-12/h10,13H,5-6,8-9H2,1-4H3. The van der Waals surface area contributed by atoms with Crippen molar-refractivity contribution in [3.63, 3.8) is 0 Å². The molecular formula is C11H22N2O. The van der Waals surface area contributed by atoms with Gasteiger partial charge in [0, 0.05) is 26.1 Å². The number of hydrogen-bond donors (Lipinski definition) is 1. The number of ether oxygens (including phenoxy) is 1. The van der Waals surface area contributed by atoms with Crippen LogP contribution in [0, 0.1) is 16.7 Å². The number of methoxy groups -OCH3 is 1. The number of nitrogens with zero attached hydrogens (tertiary/aromatic N) is 1. The van der Waals surface area contributed by atoms with Gasteiger partial charge in [-0.15, -0.1) is 0 Å². The summed E-state index contributed by atoms with van der Waals surface area (Å²) in [5.41, 5.74) is 0.192. The van der Waals surface area contributed by atoms with E-state index in [1.54, 1.807) is 7.11 Å². The van der Waals surface area contributed by atoms with E-state index in [4.69, 9.17) is 10.00 Å². The van der Waals surface area contributed by atoms with Gasteiger partial charge in [-0.1, -0.05) is 13.8 Å². The van der Waals surface area contributed by atoms with Crippen molar-refractivity contribution in [2.45, 2.75) is 39.7 Å². The van der Waals surface area contributed by atoms with Gasteiger partial charge in [0.25, 0.3) is 0 Å². The minimum Gasteiger partial charge on any atom is -0.383 e. The van der Waals surface area contributed by atoms with Crippen molar-refractivity contribution in [1.82, 2.24) is 5.32 Å². The van der Waals surface area contributed by atoms with Gasteiger partial charge in [-0.3, -0.25) is 0 Å². The smallest absolute Gasteiger partial charge is 0.0621 e. The molecule has 0 aliphatic rings. The molecule has 14 heavy (non-hydrogen) atoms. The lowest BCUT2D eigenvalue weighted by Gasteiger charge is -2.26. The Morgan fingerprint density at radius 2 is 2.14 bits per heavy atom. The first kappa shape index (κ1) is 13.4. The van der Waals surface area contributed by atoms with Gasteiger partial charge in [-0.2, -0.15) is 5.26 Å². The predicted octanol–water partition coefficient (Wildman–Crippen LogP) is 1.94. The Morgan fingerprint density at radius 1 is 1.50 bits per heavy atom. The summed E-state index contributed by atoms with van der Waals surface area (Å²) in [6.45, 7) is 8.12. The maximum absolute atomic E-state index is 8.50. The first-order chi connectivity index (χ1) is 6.52. The Kier molecular flexibility index (Phi) is 6.52. The van der Waals surface area contributed by atoms with Crippen LogP contribution in [0.2, 0.25) is 0 Å². The number of nitrogens with one attached hydrogen (secondary N) is 1. The Balaban J connectivity index is 3.69. The molecule has 0 saturated heterocycles. The molecule has 0 amide bonds. The van der Waals surface area contributed by atoms with Crippen LogP contribution in [0.1, 0.15) is 33.6 Å². The Labute approximate surface area is 87.4 Å². The molecule has 0 aliphatic carbocycles. The minimum absolute atomic E-state index is 0.192. The summed E-state index contributed by atoms with van der Waals surface area (Å²) in [6, 6.07) is 2.56. The maximum atomic E-state index is 8.50. The SMILES string of the molecule is COCC(C)NCC(C)(C)CCC#N. The quantitative estimate of drug-likeness (QED) is 0.680. The van der Waals surface area contributed by atoms with Crippen molar-refractivity contribution < 1.29 is 4.74 Å². The molecule has 3 nitrogen and oxygen atoms in total. The molecule has 0 saturated carbocycles. The lowest BCUT2D eigenvalue weighted by atomic mass is 9.88. The third-order valence-corrected chi connectivity index (χ3v) is 2.26. The van der Waals surface area contributed by atoms with Crippen molar-refractivity contribution in [3.8, 4) is 6.07 Å². The molecule has 0 bridgehead atoms. The summed E-state index contributed by atoms with van der Waals surface area (Å²) in [7, 11) is 1.71. The molecule has 1 N–H and O–H groups in total. The van der Waals surface area contributed by atoms with Gasteiger partial charge in [-0.25, -0.2) is 0 Å². The Hall–Kier alpha value is -0.590. The third-order valence-electron chi connectivity index (χ3n) is 2.26. The van der Waals surface area contributed by atoms with Crippen LogP contribution in [0.25, 0.3) is 0 Å². The van der Waals surface area contributed by atoms with Crippen LogP contribution in [0.3, 0.4) is 0 Å². The van der Waals surface area contributed by atoms with E-state index in [0.29, 0.717) is 12.5 Å². The van der Waals surface area contributed by atoms with Crippen LogP contribution < -0.4 is 5.32 Å². The molecule has 0 aliphatic heterocycles. The third kappa shape index (κ3) is 6.88. The molecular weight excluding hydrogens is 176 g/mol. The topological polar surface area (TPSA) is 45.0 Å². The van der Waals surface area contributed by atoms with Crippen molar-refractivity contribution in [1.29, 1.82) is 5.26 Å². The Morgan fingerprint density at radius 3 is 2.64 bits per heavy atom. The van der Waals surface area contributed by atoms with Gasteiger partial charge >= 0.3 is 0 Å². The molecule has 3 heteroatoms. The highest BCUT2D eigenvalue weighted by molar-refractivity contribution is 4.79. The maximum Gasteiger partial charge on any atom is 0.0621 e. The molecule has 0 heterocycles. The second kappa shape index (κ2) is 6.80. The molecule has 1 unspecified atom stereocenters. The van der Waals surface area contributed by atoms with Crippen LogP contribution >= 0.6 is 0 Å². The van der Waals surface area contributed by atoms with Gasteiger partial charge in [0.05, 0.1) is 12.7 Å². The van der Waals surface area contributed by atoms with Crippen LogP contribution in [-0.4, -0.2) is 26.3 Å². The van der Waals surface area contributed by atoms with E-state index in [1.807, 2.05) is 0 Å². The highest BCUT2D eigenvalue weighted by atomic mass is 16.5. The number of hydrogen-bond acceptors (Lipinski definition) is 3. The van der Waals surface area contributed by atoms with Crippen molar-refractivity contribution >= 4 is 0 Å². The number of nitriles is 1. The molecule has 0 aromatic rings. The van der Waals surface area contributed by atoms with Crippen LogP contribution in [0.5, 0.6) is 0 Å². The van der Waals surface area contributed by atoms with E-state index >= 15 is 0 Å². The molecule has 0 rings (SSSR count). The van der Waals surface area contributed by atoms with Crippen LogP contribution in [-0.2, 0) is 4.74 Å². The molecule has 0 aromatic carbocycles. The minimum atomic E-state index is 0.192. The average molecular weight is 198 g/mol. The highest BCUT2D eigenvalue weighted by Gasteiger charge is 2.17. The zero-order valence-corrected chi connectivity index (χ0v) is 9.76. The van der Waals surface area contributed by atoms with Crippen molar-refractivity contribution in [3.05, 3.63) is 0 Å². The second-order valence-corrected chi connectivity index (χ2v) is 4.56. The van der Waals surface area contributed by atoms with Gasteiger partial charge in [0.2, 0.25) is 0 Å². The lowest BCUT2D eigenvalue weighted by Crippen LogP contribution is -2.37. The molecule has 0 fully saturated rings. The van der Waals surface area contributed by atoms with E-state index in [0.717, 1.165) is 19.6 Å². The van der Waals surface area contributed by atoms with E-state index in [2.05, 4.69) is 32.2 Å². The van der Waals surface area contributed by atoms with E-state index in [1.165, 1.54) is 0 Å². The summed E-state index contributed by atoms with van der Waals surface area (Å²) in [5.74, 6) is 0. The second-order valence-electron chi connectivity index (χ2n) is 4.56. The average Bonchev–Trinajstić information content (AvgIpc) is 2.13. The summed E-state index contributed by atoms with van der Waals surface area (Å²) in [5, 5.41) is 11.9. The lowest BCUT2D eigenvalue weighted by molar-refractivity contribution is 0.164. The highest BCUT2D eigenvalue weighted by Crippen LogP contribution is 2.20. The number of rotatable bonds is 7. The summed E-state index contributed by atoms with van der Waals surface area (Å²) >= 11 is 0.